The molecule has 1 heterocycles. The molecule has 1 fully saturated rings. The van der Waals surface area contributed by atoms with E-state index in [9.17, 15) is 68.6 Å². The summed E-state index contributed by atoms with van der Waals surface area (Å²) in [7, 11) is -4.22. The van der Waals surface area contributed by atoms with Crippen LogP contribution >= 0.6 is 7.37 Å². The van der Waals surface area contributed by atoms with E-state index in [0.29, 0.717) is 0 Å². The van der Waals surface area contributed by atoms with Crippen LogP contribution in [0.15, 0.2) is 0 Å². The van der Waals surface area contributed by atoms with E-state index >= 15 is 0 Å². The molecule has 1 saturated heterocycles. The number of hydrogen-bond acceptors (Lipinski definition) is 8. The number of carbonyl (C=O) groups is 3. The topological polar surface area (TPSA) is 134 Å². The highest BCUT2D eigenvalue weighted by atomic mass is 31.2. The Hall–Kier alpha value is -2.67. The first-order chi connectivity index (χ1) is 18.1. The lowest BCUT2D eigenvalue weighted by Crippen LogP contribution is -2.54. The van der Waals surface area contributed by atoms with Crippen LogP contribution in [0.2, 0.25) is 0 Å². The van der Waals surface area contributed by atoms with E-state index in [1.807, 2.05) is 0 Å². The Morgan fingerprint density at radius 2 is 1.02 bits per heavy atom. The number of nitrogens with zero attached hydrogens (tertiary/aromatic N) is 5. The second-order valence-corrected chi connectivity index (χ2v) is 10.8. The highest BCUT2D eigenvalue weighted by Crippen LogP contribution is 2.47. The summed E-state index contributed by atoms with van der Waals surface area (Å²) in [5.41, 5.74) is 0. The second-order valence-electron chi connectivity index (χ2n) is 8.34. The van der Waals surface area contributed by atoms with Crippen LogP contribution in [0.25, 0.3) is 0 Å². The van der Waals surface area contributed by atoms with Gasteiger partial charge in [-0.3, -0.25) is 34.0 Å². The average Bonchev–Trinajstić information content (AvgIpc) is 2.77. The monoisotopic (exact) mass is 625 g/mol. The highest BCUT2D eigenvalue weighted by Gasteiger charge is 2.46. The molecule has 0 aliphatic carbocycles. The van der Waals surface area contributed by atoms with Gasteiger partial charge in [0.15, 0.2) is 0 Å². The number of nitro groups is 1. The Kier molecular flexibility index (Phi) is 12.2. The van der Waals surface area contributed by atoms with Crippen molar-refractivity contribution in [1.82, 2.24) is 19.6 Å². The molecule has 0 bridgehead atoms. The van der Waals surface area contributed by atoms with Gasteiger partial charge < -0.3 is 19.2 Å². The van der Waals surface area contributed by atoms with Gasteiger partial charge in [0.1, 0.15) is 0 Å². The predicted molar refractivity (Wildman–Crippen MR) is 115 cm³/mol. The molecule has 0 spiro atoms. The molecule has 1 aliphatic heterocycles. The van der Waals surface area contributed by atoms with Crippen molar-refractivity contribution in [2.24, 2.45) is 0 Å². The second kappa shape index (κ2) is 13.8. The zero-order valence-electron chi connectivity index (χ0n) is 20.7. The fraction of sp³-hybridized carbons (Fsp3) is 0.833. The van der Waals surface area contributed by atoms with Crippen molar-refractivity contribution < 1.29 is 67.9 Å². The number of alkyl halides is 9. The van der Waals surface area contributed by atoms with E-state index in [2.05, 4.69) is 0 Å². The van der Waals surface area contributed by atoms with Crippen molar-refractivity contribution in [3.63, 3.8) is 0 Å². The van der Waals surface area contributed by atoms with Gasteiger partial charge in [0, 0.05) is 57.3 Å². The molecule has 1 atom stereocenters. The number of hydrogen-bond donors (Lipinski definition) is 0. The Morgan fingerprint density at radius 3 is 1.27 bits per heavy atom. The molecule has 0 aromatic heterocycles. The maximum Gasteiger partial charge on any atom is 0.471 e. The Labute approximate surface area is 220 Å². The third-order valence-electron chi connectivity index (χ3n) is 5.35. The molecule has 1 rings (SSSR count). The zero-order valence-corrected chi connectivity index (χ0v) is 21.6. The first-order valence-electron chi connectivity index (χ1n) is 11.3. The van der Waals surface area contributed by atoms with Gasteiger partial charge in [-0.2, -0.15) is 39.5 Å². The van der Waals surface area contributed by atoms with Crippen molar-refractivity contribution >= 4 is 25.1 Å². The van der Waals surface area contributed by atoms with Crippen molar-refractivity contribution in [1.29, 1.82) is 0 Å². The maximum atomic E-state index is 13.1. The lowest BCUT2D eigenvalue weighted by Gasteiger charge is -2.35. The lowest BCUT2D eigenvalue weighted by molar-refractivity contribution is -0.460. The fourth-order valence-electron chi connectivity index (χ4n) is 3.59. The zero-order chi connectivity index (χ0) is 31.1. The quantitative estimate of drug-likeness (QED) is 0.190. The number of rotatable bonds is 6. The summed E-state index contributed by atoms with van der Waals surface area (Å²) in [6.45, 7) is -7.08. The van der Waals surface area contributed by atoms with Crippen LogP contribution in [-0.4, -0.2) is 132 Å². The average molecular weight is 625 g/mol. The molecule has 40 heavy (non-hydrogen) atoms. The van der Waals surface area contributed by atoms with Crippen molar-refractivity contribution in [2.45, 2.75) is 25.5 Å². The molecule has 0 saturated carbocycles. The summed E-state index contributed by atoms with van der Waals surface area (Å²) in [5.74, 6) is -7.66. The fourth-order valence-corrected chi connectivity index (χ4v) is 5.55. The van der Waals surface area contributed by atoms with Crippen LogP contribution in [0.3, 0.4) is 0 Å². The van der Waals surface area contributed by atoms with Crippen LogP contribution in [0.4, 0.5) is 39.5 Å². The minimum Gasteiger partial charge on any atom is -0.332 e. The number of carbonyl (C=O) groups excluding carboxylic acids is 3. The van der Waals surface area contributed by atoms with Gasteiger partial charge in [-0.05, 0) is 6.92 Å². The molecule has 0 aromatic carbocycles. The summed E-state index contributed by atoms with van der Waals surface area (Å²) in [6.07, 6.45) is -18.7. The predicted octanol–water partition coefficient (Wildman–Crippen LogP) is 1.98. The molecular formula is C18H25F9N5O7P. The molecule has 22 heteroatoms. The van der Waals surface area contributed by atoms with E-state index < -0.39 is 113 Å². The maximum absolute atomic E-state index is 13.1. The molecule has 0 N–H and O–H groups in total. The van der Waals surface area contributed by atoms with Gasteiger partial charge in [0.25, 0.3) is 13.7 Å². The van der Waals surface area contributed by atoms with E-state index in [0.717, 1.165) is 4.90 Å². The number of halogens is 9. The van der Waals surface area contributed by atoms with Crippen LogP contribution in [0.5, 0.6) is 0 Å². The van der Waals surface area contributed by atoms with Crippen molar-refractivity contribution in [2.75, 3.05) is 71.5 Å². The summed E-state index contributed by atoms with van der Waals surface area (Å²) < 4.78 is 136. The van der Waals surface area contributed by atoms with Gasteiger partial charge in [-0.1, -0.05) is 0 Å². The molecule has 12 nitrogen and oxygen atoms in total. The van der Waals surface area contributed by atoms with E-state index in [1.165, 1.54) is 6.92 Å². The lowest BCUT2D eigenvalue weighted by atomic mass is 10.3. The number of amides is 3. The molecule has 1 unspecified atom stereocenters. The smallest absolute Gasteiger partial charge is 0.332 e. The Bertz CT molecular complexity index is 935. The minimum atomic E-state index is -5.58. The Morgan fingerprint density at radius 1 is 0.725 bits per heavy atom. The van der Waals surface area contributed by atoms with Gasteiger partial charge in [-0.15, -0.1) is 0 Å². The van der Waals surface area contributed by atoms with Crippen LogP contribution in [0.1, 0.15) is 6.92 Å². The standard InChI is InChI=1S/C18H25F9N5O7P/c1-2-39-40(38,12-32(36)37)11-28-3-5-29(13(33)16(19,20)21)7-9-31(15(35)18(25,26)27)10-8-30(6-4-28)14(34)17(22,23)24/h2-12H2,1H3. The summed E-state index contributed by atoms with van der Waals surface area (Å²) in [5, 5.41) is 11.0. The van der Waals surface area contributed by atoms with Crippen molar-refractivity contribution in [3.05, 3.63) is 10.1 Å². The van der Waals surface area contributed by atoms with Crippen LogP contribution in [-0.2, 0) is 23.5 Å². The van der Waals surface area contributed by atoms with E-state index in [1.54, 1.807) is 0 Å². The largest absolute Gasteiger partial charge is 0.471 e. The van der Waals surface area contributed by atoms with E-state index in [-0.39, 0.29) is 21.3 Å². The van der Waals surface area contributed by atoms with Gasteiger partial charge in [0.2, 0.25) is 0 Å². The normalized spacial score (nSPS) is 18.9. The molecule has 3 amide bonds. The molecule has 232 valence electrons. The van der Waals surface area contributed by atoms with Crippen LogP contribution in [0, 0.1) is 10.1 Å². The van der Waals surface area contributed by atoms with Crippen molar-refractivity contribution in [3.8, 4) is 0 Å². The first-order valence-corrected chi connectivity index (χ1v) is 13.3. The SMILES string of the molecule is CCOP(=O)(CN1CCN(C(=O)C(F)(F)F)CCN(C(=O)C(F)(F)F)CCN(C(=O)C(F)(F)F)CC1)C[N+](=O)[O-]. The van der Waals surface area contributed by atoms with Crippen LogP contribution < -0.4 is 0 Å². The summed E-state index contributed by atoms with van der Waals surface area (Å²) in [4.78, 5) is 46.4. The highest BCUT2D eigenvalue weighted by molar-refractivity contribution is 7.58. The summed E-state index contributed by atoms with van der Waals surface area (Å²) in [6, 6.07) is 0. The first kappa shape index (κ1) is 35.4. The third kappa shape index (κ3) is 11.1. The molecule has 0 aromatic rings. The summed E-state index contributed by atoms with van der Waals surface area (Å²) >= 11 is 0. The van der Waals surface area contributed by atoms with Gasteiger partial charge in [0.05, 0.1) is 12.9 Å². The van der Waals surface area contributed by atoms with Gasteiger partial charge >= 0.3 is 36.3 Å². The third-order valence-corrected chi connectivity index (χ3v) is 7.57. The molecule has 1 aliphatic rings. The van der Waals surface area contributed by atoms with E-state index in [4.69, 9.17) is 4.52 Å². The molecule has 0 radical (unpaired) electrons. The van der Waals surface area contributed by atoms with Gasteiger partial charge in [-0.25, -0.2) is 0 Å². The Balaban J connectivity index is 3.46. The molecular weight excluding hydrogens is 600 g/mol. The minimum absolute atomic E-state index is 0.0308.